The van der Waals surface area contributed by atoms with Gasteiger partial charge in [0.15, 0.2) is 0 Å². The largest absolute Gasteiger partial charge is 0.496 e. The molecule has 2 aromatic carbocycles. The Bertz CT molecular complexity index is 1220. The van der Waals surface area contributed by atoms with Gasteiger partial charge in [0.2, 0.25) is 5.13 Å². The van der Waals surface area contributed by atoms with E-state index in [0.29, 0.717) is 23.4 Å². The van der Waals surface area contributed by atoms with E-state index in [2.05, 4.69) is 15.5 Å². The molecule has 1 N–H and O–H groups in total. The first-order chi connectivity index (χ1) is 14.3. The van der Waals surface area contributed by atoms with Crippen molar-refractivity contribution in [2.24, 2.45) is 0 Å². The van der Waals surface area contributed by atoms with Crippen LogP contribution in [-0.2, 0) is 16.4 Å². The zero-order chi connectivity index (χ0) is 21.5. The maximum absolute atomic E-state index is 13.3. The second kappa shape index (κ2) is 7.69. The van der Waals surface area contributed by atoms with Crippen molar-refractivity contribution in [3.63, 3.8) is 0 Å². The molecule has 8 nitrogen and oxygen atoms in total. The van der Waals surface area contributed by atoms with Gasteiger partial charge in [0, 0.05) is 6.04 Å². The molecule has 3 aromatic rings. The molecular formula is C20H20N4O4S2. The van der Waals surface area contributed by atoms with Gasteiger partial charge in [0.1, 0.15) is 5.75 Å². The van der Waals surface area contributed by atoms with Gasteiger partial charge < -0.3 is 4.74 Å². The zero-order valence-corrected chi connectivity index (χ0v) is 18.3. The highest BCUT2D eigenvalue weighted by molar-refractivity contribution is 7.94. The Kier molecular flexibility index (Phi) is 5.20. The van der Waals surface area contributed by atoms with Gasteiger partial charge in [-0.2, -0.15) is 8.42 Å². The molecule has 30 heavy (non-hydrogen) atoms. The van der Waals surface area contributed by atoms with E-state index in [9.17, 15) is 13.2 Å². The van der Waals surface area contributed by atoms with Crippen LogP contribution in [0.4, 0.5) is 10.8 Å². The summed E-state index contributed by atoms with van der Waals surface area (Å²) in [5, 5.41) is 10.4. The highest BCUT2D eigenvalue weighted by atomic mass is 32.2. The maximum Gasteiger partial charge on any atom is 0.293 e. The predicted molar refractivity (Wildman–Crippen MR) is 115 cm³/mol. The number of carbonyl (C=O) groups is 1. The first kappa shape index (κ1) is 20.3. The molecule has 10 heteroatoms. The van der Waals surface area contributed by atoms with Crippen LogP contribution in [0.1, 0.15) is 28.4 Å². The summed E-state index contributed by atoms with van der Waals surface area (Å²) in [5.74, 6) is -0.0479. The molecule has 0 spiro atoms. The number of amides is 1. The number of aryl methyl sites for hydroxylation is 1. The van der Waals surface area contributed by atoms with E-state index >= 15 is 0 Å². The number of sulfonamides is 1. The number of aromatic nitrogens is 2. The van der Waals surface area contributed by atoms with Gasteiger partial charge >= 0.3 is 0 Å². The highest BCUT2D eigenvalue weighted by Gasteiger charge is 2.38. The predicted octanol–water partition coefficient (Wildman–Crippen LogP) is 3.25. The summed E-state index contributed by atoms with van der Waals surface area (Å²) in [6, 6.07) is 12.3. The van der Waals surface area contributed by atoms with Crippen LogP contribution in [0, 0.1) is 6.92 Å². The number of benzene rings is 2. The minimum atomic E-state index is -3.91. The molecule has 2 heterocycles. The summed E-state index contributed by atoms with van der Waals surface area (Å²) in [6.45, 7) is 3.78. The van der Waals surface area contributed by atoms with Crippen LogP contribution >= 0.6 is 11.3 Å². The average Bonchev–Trinajstić information content (AvgIpc) is 3.32. The SMILES string of the molecule is COc1ccccc1C(=O)Nc1nnc(S(=O)(=O)N2c3cc(C)ccc3C[C@@H]2C)s1. The fourth-order valence-corrected chi connectivity index (χ4v) is 6.16. The molecule has 0 unspecified atom stereocenters. The number of anilines is 2. The third kappa shape index (κ3) is 3.52. The number of nitrogens with zero attached hydrogens (tertiary/aromatic N) is 3. The van der Waals surface area contributed by atoms with E-state index in [1.807, 2.05) is 32.0 Å². The van der Waals surface area contributed by atoms with Crippen LogP contribution in [0.5, 0.6) is 5.75 Å². The van der Waals surface area contributed by atoms with Crippen LogP contribution in [0.25, 0.3) is 0 Å². The third-order valence-corrected chi connectivity index (χ3v) is 7.96. The zero-order valence-electron chi connectivity index (χ0n) is 16.6. The molecule has 156 valence electrons. The van der Waals surface area contributed by atoms with Crippen molar-refractivity contribution in [1.82, 2.24) is 10.2 Å². The van der Waals surface area contributed by atoms with Crippen molar-refractivity contribution < 1.29 is 17.9 Å². The Morgan fingerprint density at radius 2 is 2.00 bits per heavy atom. The minimum absolute atomic E-state index is 0.0980. The number of ether oxygens (including phenoxy) is 1. The molecule has 4 rings (SSSR count). The van der Waals surface area contributed by atoms with Gasteiger partial charge in [-0.15, -0.1) is 10.2 Å². The van der Waals surface area contributed by atoms with Gasteiger partial charge in [-0.1, -0.05) is 35.6 Å². The van der Waals surface area contributed by atoms with E-state index in [0.717, 1.165) is 22.5 Å². The van der Waals surface area contributed by atoms with Crippen molar-refractivity contribution in [3.05, 3.63) is 59.2 Å². The summed E-state index contributed by atoms with van der Waals surface area (Å²) in [7, 11) is -2.44. The number of fused-ring (bicyclic) bond motifs is 1. The summed E-state index contributed by atoms with van der Waals surface area (Å²) >= 11 is 0.819. The quantitative estimate of drug-likeness (QED) is 0.606. The lowest BCUT2D eigenvalue weighted by Crippen LogP contribution is -2.35. The van der Waals surface area contributed by atoms with Gasteiger partial charge in [0.25, 0.3) is 20.3 Å². The second-order valence-electron chi connectivity index (χ2n) is 7.01. The van der Waals surface area contributed by atoms with Crippen molar-refractivity contribution in [3.8, 4) is 5.75 Å². The lowest BCUT2D eigenvalue weighted by Gasteiger charge is -2.22. The second-order valence-corrected chi connectivity index (χ2v) is 9.98. The average molecular weight is 445 g/mol. The van der Waals surface area contributed by atoms with Crippen molar-refractivity contribution >= 4 is 38.1 Å². The Morgan fingerprint density at radius 1 is 1.23 bits per heavy atom. The highest BCUT2D eigenvalue weighted by Crippen LogP contribution is 2.38. The monoisotopic (exact) mass is 444 g/mol. The Balaban J connectivity index is 1.61. The fourth-order valence-electron chi connectivity index (χ4n) is 3.50. The smallest absolute Gasteiger partial charge is 0.293 e. The molecule has 0 aliphatic carbocycles. The number of para-hydroxylation sites is 1. The van der Waals surface area contributed by atoms with E-state index < -0.39 is 15.9 Å². The first-order valence-corrected chi connectivity index (χ1v) is 11.5. The van der Waals surface area contributed by atoms with E-state index in [1.165, 1.54) is 11.4 Å². The van der Waals surface area contributed by atoms with Crippen molar-refractivity contribution in [2.45, 2.75) is 30.6 Å². The van der Waals surface area contributed by atoms with E-state index in [-0.39, 0.29) is 15.5 Å². The lowest BCUT2D eigenvalue weighted by atomic mass is 10.1. The van der Waals surface area contributed by atoms with Crippen LogP contribution in [0.3, 0.4) is 0 Å². The number of nitrogens with one attached hydrogen (secondary N) is 1. The molecule has 1 amide bonds. The Labute approximate surface area is 178 Å². The number of hydrogen-bond donors (Lipinski definition) is 1. The summed E-state index contributed by atoms with van der Waals surface area (Å²) < 4.78 is 33.0. The molecule has 1 aromatic heterocycles. The molecular weight excluding hydrogens is 424 g/mol. The molecule has 0 radical (unpaired) electrons. The molecule has 1 atom stereocenters. The molecule has 0 bridgehead atoms. The van der Waals surface area contributed by atoms with Crippen LogP contribution in [0.2, 0.25) is 0 Å². The minimum Gasteiger partial charge on any atom is -0.496 e. The summed E-state index contributed by atoms with van der Waals surface area (Å²) in [6.07, 6.45) is 0.630. The number of carbonyl (C=O) groups excluding carboxylic acids is 1. The number of methoxy groups -OCH3 is 1. The maximum atomic E-state index is 13.3. The van der Waals surface area contributed by atoms with Crippen LogP contribution in [0.15, 0.2) is 46.8 Å². The molecule has 0 saturated heterocycles. The van der Waals surface area contributed by atoms with Gasteiger partial charge in [-0.25, -0.2) is 0 Å². The molecule has 0 saturated carbocycles. The van der Waals surface area contributed by atoms with Crippen LogP contribution in [-0.4, -0.2) is 37.7 Å². The number of hydrogen-bond acceptors (Lipinski definition) is 7. The van der Waals surface area contributed by atoms with Gasteiger partial charge in [0.05, 0.1) is 18.4 Å². The third-order valence-electron chi connectivity index (χ3n) is 4.85. The van der Waals surface area contributed by atoms with E-state index in [4.69, 9.17) is 4.74 Å². The standard InChI is InChI=1S/C20H20N4O4S2/c1-12-8-9-14-11-13(2)24(16(14)10-12)30(26,27)20-23-22-19(29-20)21-18(25)15-6-4-5-7-17(15)28-3/h4-10,13H,11H2,1-3H3,(H,21,22,25)/t13-/m0/s1. The summed E-state index contributed by atoms with van der Waals surface area (Å²) in [5.41, 5.74) is 2.94. The first-order valence-electron chi connectivity index (χ1n) is 9.23. The number of rotatable bonds is 5. The topological polar surface area (TPSA) is 101 Å². The Hall–Kier alpha value is -2.98. The van der Waals surface area contributed by atoms with E-state index in [1.54, 1.807) is 24.3 Å². The summed E-state index contributed by atoms with van der Waals surface area (Å²) in [4.78, 5) is 12.6. The van der Waals surface area contributed by atoms with Gasteiger partial charge in [-0.05, 0) is 49.6 Å². The van der Waals surface area contributed by atoms with Crippen LogP contribution < -0.4 is 14.4 Å². The fraction of sp³-hybridized carbons (Fsp3) is 0.250. The van der Waals surface area contributed by atoms with Crippen molar-refractivity contribution in [2.75, 3.05) is 16.7 Å². The molecule has 1 aliphatic rings. The Morgan fingerprint density at radius 3 is 2.77 bits per heavy atom. The molecule has 1 aliphatic heterocycles. The normalized spacial score (nSPS) is 15.7. The van der Waals surface area contributed by atoms with Crippen molar-refractivity contribution in [1.29, 1.82) is 0 Å². The lowest BCUT2D eigenvalue weighted by molar-refractivity contribution is 0.102. The molecule has 0 fully saturated rings. The van der Waals surface area contributed by atoms with Gasteiger partial charge in [-0.3, -0.25) is 14.4 Å².